The van der Waals surface area contributed by atoms with Crippen LogP contribution in [0.3, 0.4) is 0 Å². The molecule has 0 spiro atoms. The van der Waals surface area contributed by atoms with Gasteiger partial charge in [-0.05, 0) is 43.4 Å². The van der Waals surface area contributed by atoms with Crippen molar-refractivity contribution in [3.8, 4) is 0 Å². The van der Waals surface area contributed by atoms with E-state index in [-0.39, 0.29) is 17.9 Å². The van der Waals surface area contributed by atoms with Crippen LogP contribution in [0.5, 0.6) is 0 Å². The van der Waals surface area contributed by atoms with Crippen LogP contribution in [0.2, 0.25) is 0 Å². The van der Waals surface area contributed by atoms with Gasteiger partial charge in [0.15, 0.2) is 0 Å². The van der Waals surface area contributed by atoms with Gasteiger partial charge < -0.3 is 11.1 Å². The number of hydrogen-bond donors (Lipinski definition) is 2. The highest BCUT2D eigenvalue weighted by atomic mass is 16.2. The lowest BCUT2D eigenvalue weighted by Gasteiger charge is -2.39. The molecule has 2 saturated carbocycles. The molecule has 5 atom stereocenters. The molecule has 3 N–H and O–H groups in total. The molecule has 0 aromatic carbocycles. The third kappa shape index (κ3) is 3.75. The Bertz CT molecular complexity index is 329. The number of nitrogens with two attached hydrogens (primary N) is 1. The molecule has 3 heteroatoms. The van der Waals surface area contributed by atoms with E-state index in [1.165, 1.54) is 19.3 Å². The number of amides is 1. The van der Waals surface area contributed by atoms with E-state index in [1.54, 1.807) is 0 Å². The summed E-state index contributed by atoms with van der Waals surface area (Å²) in [5.41, 5.74) is 6.15. The molecule has 0 aliphatic heterocycles. The quantitative estimate of drug-likeness (QED) is 0.834. The Morgan fingerprint density at radius 2 is 1.85 bits per heavy atom. The molecule has 0 saturated heterocycles. The van der Waals surface area contributed by atoms with Crippen LogP contribution < -0.4 is 11.1 Å². The Kier molecular flexibility index (Phi) is 5.48. The van der Waals surface area contributed by atoms with Gasteiger partial charge in [0.1, 0.15) is 0 Å². The first-order valence-electron chi connectivity index (χ1n) is 8.55. The van der Waals surface area contributed by atoms with E-state index in [1.807, 2.05) is 0 Å². The lowest BCUT2D eigenvalue weighted by molar-refractivity contribution is -0.128. The summed E-state index contributed by atoms with van der Waals surface area (Å²) < 4.78 is 0. The van der Waals surface area contributed by atoms with Gasteiger partial charge in [-0.1, -0.05) is 40.0 Å². The average Bonchev–Trinajstić information content (AvgIpc) is 2.38. The van der Waals surface area contributed by atoms with E-state index in [9.17, 15) is 4.79 Å². The first-order chi connectivity index (χ1) is 9.49. The van der Waals surface area contributed by atoms with Gasteiger partial charge >= 0.3 is 0 Å². The van der Waals surface area contributed by atoms with Crippen LogP contribution >= 0.6 is 0 Å². The van der Waals surface area contributed by atoms with Gasteiger partial charge in [0.2, 0.25) is 5.91 Å². The summed E-state index contributed by atoms with van der Waals surface area (Å²) in [5.74, 6) is 2.29. The van der Waals surface area contributed by atoms with Gasteiger partial charge in [-0.15, -0.1) is 0 Å². The topological polar surface area (TPSA) is 55.1 Å². The maximum atomic E-state index is 12.6. The van der Waals surface area contributed by atoms with Crippen molar-refractivity contribution in [2.75, 3.05) is 0 Å². The SMILES string of the molecule is CC1CCC(C(C)C)C(NC(=O)C2CCCCC2N)C1. The monoisotopic (exact) mass is 280 g/mol. The van der Waals surface area contributed by atoms with Gasteiger partial charge in [-0.25, -0.2) is 0 Å². The first-order valence-corrected chi connectivity index (χ1v) is 8.55. The second-order valence-electron chi connectivity index (χ2n) is 7.50. The summed E-state index contributed by atoms with van der Waals surface area (Å²) in [5, 5.41) is 3.36. The largest absolute Gasteiger partial charge is 0.353 e. The van der Waals surface area contributed by atoms with Crippen molar-refractivity contribution in [1.82, 2.24) is 5.32 Å². The normalized spacial score (nSPS) is 38.8. The number of nitrogens with one attached hydrogen (secondary N) is 1. The molecular formula is C17H32N2O. The van der Waals surface area contributed by atoms with Crippen LogP contribution in [0.1, 0.15) is 65.7 Å². The Morgan fingerprint density at radius 3 is 2.50 bits per heavy atom. The minimum Gasteiger partial charge on any atom is -0.353 e. The van der Waals surface area contributed by atoms with Gasteiger partial charge in [0.05, 0.1) is 5.92 Å². The van der Waals surface area contributed by atoms with E-state index in [0.29, 0.717) is 17.9 Å². The van der Waals surface area contributed by atoms with Crippen molar-refractivity contribution < 1.29 is 4.79 Å². The third-order valence-electron chi connectivity index (χ3n) is 5.51. The average molecular weight is 280 g/mol. The van der Waals surface area contributed by atoms with Crippen LogP contribution in [-0.2, 0) is 4.79 Å². The maximum absolute atomic E-state index is 12.6. The second kappa shape index (κ2) is 6.93. The molecule has 0 bridgehead atoms. The molecule has 2 aliphatic rings. The molecule has 2 fully saturated rings. The van der Waals surface area contributed by atoms with Gasteiger partial charge in [-0.2, -0.15) is 0 Å². The standard InChI is InChI=1S/C17H32N2O/c1-11(2)13-9-8-12(3)10-16(13)19-17(20)14-6-4-5-7-15(14)18/h11-16H,4-10,18H2,1-3H3,(H,19,20). The molecule has 20 heavy (non-hydrogen) atoms. The Hall–Kier alpha value is -0.570. The van der Waals surface area contributed by atoms with Crippen LogP contribution in [-0.4, -0.2) is 18.0 Å². The molecule has 0 radical (unpaired) electrons. The maximum Gasteiger partial charge on any atom is 0.224 e. The van der Waals surface area contributed by atoms with Crippen molar-refractivity contribution in [2.45, 2.75) is 77.8 Å². The van der Waals surface area contributed by atoms with E-state index in [0.717, 1.165) is 31.6 Å². The van der Waals surface area contributed by atoms with Crippen molar-refractivity contribution >= 4 is 5.91 Å². The van der Waals surface area contributed by atoms with E-state index in [4.69, 9.17) is 5.73 Å². The molecule has 3 nitrogen and oxygen atoms in total. The number of carbonyl (C=O) groups is 1. The number of rotatable bonds is 3. The summed E-state index contributed by atoms with van der Waals surface area (Å²) in [4.78, 5) is 12.6. The van der Waals surface area contributed by atoms with E-state index < -0.39 is 0 Å². The zero-order valence-corrected chi connectivity index (χ0v) is 13.4. The van der Waals surface area contributed by atoms with Crippen molar-refractivity contribution in [3.63, 3.8) is 0 Å². The molecular weight excluding hydrogens is 248 g/mol. The molecule has 0 heterocycles. The molecule has 1 amide bonds. The Labute approximate surface area is 124 Å². The Morgan fingerprint density at radius 1 is 1.15 bits per heavy atom. The zero-order chi connectivity index (χ0) is 14.7. The highest BCUT2D eigenvalue weighted by Gasteiger charge is 2.35. The lowest BCUT2D eigenvalue weighted by Crippen LogP contribution is -2.51. The van der Waals surface area contributed by atoms with Crippen LogP contribution in [0.25, 0.3) is 0 Å². The van der Waals surface area contributed by atoms with Crippen molar-refractivity contribution in [1.29, 1.82) is 0 Å². The smallest absolute Gasteiger partial charge is 0.224 e. The number of hydrogen-bond acceptors (Lipinski definition) is 2. The molecule has 0 aromatic heterocycles. The summed E-state index contributed by atoms with van der Waals surface area (Å²) >= 11 is 0. The predicted molar refractivity (Wildman–Crippen MR) is 83.2 cm³/mol. The summed E-state index contributed by atoms with van der Waals surface area (Å²) in [6.07, 6.45) is 8.00. The van der Waals surface area contributed by atoms with E-state index >= 15 is 0 Å². The number of carbonyl (C=O) groups excluding carboxylic acids is 1. The fourth-order valence-corrected chi connectivity index (χ4v) is 4.14. The van der Waals surface area contributed by atoms with E-state index in [2.05, 4.69) is 26.1 Å². The second-order valence-corrected chi connectivity index (χ2v) is 7.50. The lowest BCUT2D eigenvalue weighted by atomic mass is 9.73. The minimum atomic E-state index is 0.0498. The van der Waals surface area contributed by atoms with Crippen LogP contribution in [0, 0.1) is 23.7 Å². The van der Waals surface area contributed by atoms with Gasteiger partial charge in [0, 0.05) is 12.1 Å². The molecule has 0 aromatic rings. The predicted octanol–water partition coefficient (Wildman–Crippen LogP) is 3.08. The van der Waals surface area contributed by atoms with Crippen molar-refractivity contribution in [2.24, 2.45) is 29.4 Å². The van der Waals surface area contributed by atoms with Gasteiger partial charge in [-0.3, -0.25) is 4.79 Å². The minimum absolute atomic E-state index is 0.0498. The van der Waals surface area contributed by atoms with Crippen LogP contribution in [0.15, 0.2) is 0 Å². The van der Waals surface area contributed by atoms with Gasteiger partial charge in [0.25, 0.3) is 0 Å². The fourth-order valence-electron chi connectivity index (χ4n) is 4.14. The molecule has 116 valence electrons. The Balaban J connectivity index is 1.96. The first kappa shape index (κ1) is 15.8. The molecule has 2 rings (SSSR count). The highest BCUT2D eigenvalue weighted by molar-refractivity contribution is 5.79. The summed E-state index contributed by atoms with van der Waals surface area (Å²) in [6, 6.07) is 0.433. The third-order valence-corrected chi connectivity index (χ3v) is 5.51. The highest BCUT2D eigenvalue weighted by Crippen LogP contribution is 2.34. The summed E-state index contributed by atoms with van der Waals surface area (Å²) in [7, 11) is 0. The zero-order valence-electron chi connectivity index (χ0n) is 13.4. The molecule has 5 unspecified atom stereocenters. The van der Waals surface area contributed by atoms with Crippen molar-refractivity contribution in [3.05, 3.63) is 0 Å². The fraction of sp³-hybridized carbons (Fsp3) is 0.941. The van der Waals surface area contributed by atoms with Crippen LogP contribution in [0.4, 0.5) is 0 Å². The summed E-state index contributed by atoms with van der Waals surface area (Å²) in [6.45, 7) is 6.88. The molecule has 2 aliphatic carbocycles.